The lowest BCUT2D eigenvalue weighted by atomic mass is 10.2. The maximum Gasteiger partial charge on any atom is 0.331 e. The fraction of sp³-hybridized carbons (Fsp3) is 0.200. The minimum absolute atomic E-state index is 0.00479. The lowest BCUT2D eigenvalue weighted by molar-refractivity contribution is -0.116. The van der Waals surface area contributed by atoms with Crippen molar-refractivity contribution in [2.45, 2.75) is 0 Å². The predicted octanol–water partition coefficient (Wildman–Crippen LogP) is 0.806. The standard InChI is InChI=1S/C10H10FN3O2/c1-13-5-9(15)14(10(13)16)6-2-3-8(12)7(11)4-6/h2-4H,5,12H2,1H3. The van der Waals surface area contributed by atoms with E-state index in [2.05, 4.69) is 0 Å². The summed E-state index contributed by atoms with van der Waals surface area (Å²) >= 11 is 0. The first-order chi connectivity index (χ1) is 7.50. The van der Waals surface area contributed by atoms with E-state index in [4.69, 9.17) is 5.73 Å². The van der Waals surface area contributed by atoms with Gasteiger partial charge in [-0.3, -0.25) is 4.79 Å². The monoisotopic (exact) mass is 223 g/mol. The Balaban J connectivity index is 2.41. The molecule has 16 heavy (non-hydrogen) atoms. The fourth-order valence-electron chi connectivity index (χ4n) is 1.53. The van der Waals surface area contributed by atoms with Crippen molar-refractivity contribution in [1.82, 2.24) is 4.90 Å². The molecule has 1 aliphatic heterocycles. The molecule has 2 N–H and O–H groups in total. The summed E-state index contributed by atoms with van der Waals surface area (Å²) in [4.78, 5) is 25.3. The van der Waals surface area contributed by atoms with E-state index in [1.807, 2.05) is 0 Å². The van der Waals surface area contributed by atoms with Gasteiger partial charge in [0.15, 0.2) is 0 Å². The van der Waals surface area contributed by atoms with Crippen LogP contribution in [0.5, 0.6) is 0 Å². The number of amides is 3. The second-order valence-corrected chi connectivity index (χ2v) is 3.57. The molecule has 0 aliphatic carbocycles. The van der Waals surface area contributed by atoms with Crippen molar-refractivity contribution >= 4 is 23.3 Å². The number of carbonyl (C=O) groups is 2. The van der Waals surface area contributed by atoms with Crippen LogP contribution in [-0.4, -0.2) is 30.4 Å². The summed E-state index contributed by atoms with van der Waals surface area (Å²) < 4.78 is 13.2. The summed E-state index contributed by atoms with van der Waals surface area (Å²) in [7, 11) is 1.51. The molecule has 1 aromatic carbocycles. The fourth-order valence-corrected chi connectivity index (χ4v) is 1.53. The first-order valence-corrected chi connectivity index (χ1v) is 4.64. The second kappa shape index (κ2) is 3.48. The molecule has 0 atom stereocenters. The van der Waals surface area contributed by atoms with Crippen LogP contribution < -0.4 is 10.6 Å². The van der Waals surface area contributed by atoms with Crippen molar-refractivity contribution in [3.63, 3.8) is 0 Å². The molecule has 0 bridgehead atoms. The van der Waals surface area contributed by atoms with Crippen molar-refractivity contribution in [3.05, 3.63) is 24.0 Å². The molecule has 0 unspecified atom stereocenters. The van der Waals surface area contributed by atoms with Crippen molar-refractivity contribution in [3.8, 4) is 0 Å². The zero-order valence-electron chi connectivity index (χ0n) is 8.61. The highest BCUT2D eigenvalue weighted by Crippen LogP contribution is 2.23. The van der Waals surface area contributed by atoms with E-state index in [0.29, 0.717) is 0 Å². The number of halogens is 1. The number of benzene rings is 1. The summed E-state index contributed by atoms with van der Waals surface area (Å²) in [5.41, 5.74) is 5.49. The number of anilines is 2. The minimum Gasteiger partial charge on any atom is -0.396 e. The van der Waals surface area contributed by atoms with E-state index >= 15 is 0 Å². The molecule has 6 heteroatoms. The minimum atomic E-state index is -0.646. The van der Waals surface area contributed by atoms with Gasteiger partial charge in [0.25, 0.3) is 5.91 Å². The topological polar surface area (TPSA) is 66.6 Å². The number of carbonyl (C=O) groups excluding carboxylic acids is 2. The molecule has 0 saturated carbocycles. The number of likely N-dealkylation sites (N-methyl/N-ethyl adjacent to an activating group) is 1. The van der Waals surface area contributed by atoms with Crippen molar-refractivity contribution in [1.29, 1.82) is 0 Å². The summed E-state index contributed by atoms with van der Waals surface area (Å²) in [5.74, 6) is -1.02. The number of hydrogen-bond donors (Lipinski definition) is 1. The molecule has 1 aliphatic rings. The Kier molecular flexibility index (Phi) is 2.26. The quantitative estimate of drug-likeness (QED) is 0.565. The van der Waals surface area contributed by atoms with E-state index in [0.717, 1.165) is 11.0 Å². The number of rotatable bonds is 1. The Morgan fingerprint density at radius 3 is 2.56 bits per heavy atom. The van der Waals surface area contributed by atoms with Gasteiger partial charge in [-0.1, -0.05) is 0 Å². The first-order valence-electron chi connectivity index (χ1n) is 4.64. The second-order valence-electron chi connectivity index (χ2n) is 3.57. The molecule has 0 aromatic heterocycles. The zero-order chi connectivity index (χ0) is 11.9. The van der Waals surface area contributed by atoms with Crippen molar-refractivity contribution in [2.75, 3.05) is 24.2 Å². The number of urea groups is 1. The molecule has 1 fully saturated rings. The van der Waals surface area contributed by atoms with E-state index in [-0.39, 0.29) is 23.8 Å². The largest absolute Gasteiger partial charge is 0.396 e. The molecule has 3 amide bonds. The average Bonchev–Trinajstić information content (AvgIpc) is 2.47. The molecule has 1 aromatic rings. The highest BCUT2D eigenvalue weighted by molar-refractivity contribution is 6.19. The molecule has 84 valence electrons. The van der Waals surface area contributed by atoms with Crippen LogP contribution in [0.2, 0.25) is 0 Å². The lowest BCUT2D eigenvalue weighted by Gasteiger charge is -2.14. The van der Waals surface area contributed by atoms with Crippen LogP contribution in [-0.2, 0) is 4.79 Å². The molecule has 0 spiro atoms. The molecule has 2 rings (SSSR count). The molecule has 1 saturated heterocycles. The molecule has 5 nitrogen and oxygen atoms in total. The smallest absolute Gasteiger partial charge is 0.331 e. The van der Waals surface area contributed by atoms with Gasteiger partial charge >= 0.3 is 6.03 Å². The van der Waals surface area contributed by atoms with Gasteiger partial charge in [0, 0.05) is 13.1 Å². The summed E-state index contributed by atoms with van der Waals surface area (Å²) in [6, 6.07) is 3.37. The SMILES string of the molecule is CN1CC(=O)N(c2ccc(N)c(F)c2)C1=O. The third-order valence-electron chi connectivity index (χ3n) is 2.38. The Labute approximate surface area is 91.2 Å². The van der Waals surface area contributed by atoms with E-state index in [1.165, 1.54) is 24.1 Å². The number of nitrogens with two attached hydrogens (primary N) is 1. The Bertz CT molecular complexity index is 475. The molecular formula is C10H10FN3O2. The first kappa shape index (κ1) is 10.4. The van der Waals surface area contributed by atoms with E-state index in [9.17, 15) is 14.0 Å². The van der Waals surface area contributed by atoms with E-state index in [1.54, 1.807) is 0 Å². The highest BCUT2D eigenvalue weighted by atomic mass is 19.1. The summed E-state index contributed by atoms with van der Waals surface area (Å²) in [6.07, 6.45) is 0. The van der Waals surface area contributed by atoms with Gasteiger partial charge in [0.2, 0.25) is 0 Å². The Morgan fingerprint density at radius 1 is 1.38 bits per heavy atom. The van der Waals surface area contributed by atoms with Gasteiger partial charge in [-0.2, -0.15) is 0 Å². The van der Waals surface area contributed by atoms with Crippen LogP contribution >= 0.6 is 0 Å². The van der Waals surface area contributed by atoms with Gasteiger partial charge in [0.05, 0.1) is 11.4 Å². The van der Waals surface area contributed by atoms with Gasteiger partial charge in [-0.25, -0.2) is 14.1 Å². The van der Waals surface area contributed by atoms with Crippen LogP contribution in [0.15, 0.2) is 18.2 Å². The summed E-state index contributed by atoms with van der Waals surface area (Å²) in [5, 5.41) is 0. The molecular weight excluding hydrogens is 213 g/mol. The Hall–Kier alpha value is -2.11. The zero-order valence-corrected chi connectivity index (χ0v) is 8.61. The van der Waals surface area contributed by atoms with Crippen LogP contribution in [0.4, 0.5) is 20.6 Å². The maximum atomic E-state index is 13.2. The van der Waals surface area contributed by atoms with Gasteiger partial charge in [-0.05, 0) is 12.1 Å². The van der Waals surface area contributed by atoms with Crippen LogP contribution in [0.1, 0.15) is 0 Å². The third kappa shape index (κ3) is 1.48. The average molecular weight is 223 g/mol. The number of hydrogen-bond acceptors (Lipinski definition) is 3. The predicted molar refractivity (Wildman–Crippen MR) is 56.3 cm³/mol. The number of imide groups is 1. The highest BCUT2D eigenvalue weighted by Gasteiger charge is 2.34. The van der Waals surface area contributed by atoms with Gasteiger partial charge < -0.3 is 10.6 Å². The number of nitrogens with zero attached hydrogens (tertiary/aromatic N) is 2. The van der Waals surface area contributed by atoms with Gasteiger partial charge in [0.1, 0.15) is 12.4 Å². The van der Waals surface area contributed by atoms with Crippen LogP contribution in [0.25, 0.3) is 0 Å². The Morgan fingerprint density at radius 2 is 2.06 bits per heavy atom. The van der Waals surface area contributed by atoms with E-state index < -0.39 is 11.8 Å². The van der Waals surface area contributed by atoms with Crippen LogP contribution in [0, 0.1) is 5.82 Å². The van der Waals surface area contributed by atoms with Crippen molar-refractivity contribution in [2.24, 2.45) is 0 Å². The summed E-state index contributed by atoms with van der Waals surface area (Å²) in [6.45, 7) is 0.00479. The maximum absolute atomic E-state index is 13.2. The van der Waals surface area contributed by atoms with Crippen LogP contribution in [0.3, 0.4) is 0 Å². The third-order valence-corrected chi connectivity index (χ3v) is 2.38. The number of nitrogen functional groups attached to an aromatic ring is 1. The molecule has 1 heterocycles. The van der Waals surface area contributed by atoms with Gasteiger partial charge in [-0.15, -0.1) is 0 Å². The van der Waals surface area contributed by atoms with Crippen molar-refractivity contribution < 1.29 is 14.0 Å². The normalized spacial score (nSPS) is 16.1. The lowest BCUT2D eigenvalue weighted by Crippen LogP contribution is -2.31. The molecule has 0 radical (unpaired) electrons.